The highest BCUT2D eigenvalue weighted by Gasteiger charge is 2.35. The van der Waals surface area contributed by atoms with E-state index in [1.54, 1.807) is 23.6 Å². The van der Waals surface area contributed by atoms with E-state index in [0.717, 1.165) is 19.0 Å². The number of nitrogens with zero attached hydrogens (tertiary/aromatic N) is 4. The highest BCUT2D eigenvalue weighted by Crippen LogP contribution is 2.40. The standard InChI is InChI=1S/C23H22F3N5O2/c1-3-4-8-33-17(32)11-31-19-13(2)9-14(15-6-5-7-28-20(15)23(24,25)26)10-16(19)18-21(27)29-12-30-22(18)31/h5-7,9-10,12H,3-4,8,11H2,1-2H3,(H2,27,29,30). The molecule has 7 nitrogen and oxygen atoms in total. The summed E-state index contributed by atoms with van der Waals surface area (Å²) in [6.45, 7) is 3.96. The number of pyridine rings is 1. The Morgan fingerprint density at radius 3 is 2.73 bits per heavy atom. The maximum atomic E-state index is 13.6. The van der Waals surface area contributed by atoms with Crippen molar-refractivity contribution in [2.24, 2.45) is 0 Å². The van der Waals surface area contributed by atoms with Crippen LogP contribution in [0, 0.1) is 6.92 Å². The second-order valence-electron chi connectivity index (χ2n) is 7.70. The smallest absolute Gasteiger partial charge is 0.433 e. The fourth-order valence-corrected chi connectivity index (χ4v) is 3.97. The van der Waals surface area contributed by atoms with Crippen molar-refractivity contribution in [1.29, 1.82) is 0 Å². The van der Waals surface area contributed by atoms with Gasteiger partial charge in [-0.05, 0) is 42.7 Å². The zero-order valence-corrected chi connectivity index (χ0v) is 18.1. The number of benzene rings is 1. The average molecular weight is 457 g/mol. The molecule has 0 saturated carbocycles. The number of fused-ring (bicyclic) bond motifs is 3. The third-order valence-electron chi connectivity index (χ3n) is 5.39. The Morgan fingerprint density at radius 2 is 2.00 bits per heavy atom. The molecule has 33 heavy (non-hydrogen) atoms. The highest BCUT2D eigenvalue weighted by molar-refractivity contribution is 6.13. The maximum Gasteiger partial charge on any atom is 0.433 e. The van der Waals surface area contributed by atoms with Crippen LogP contribution in [-0.2, 0) is 22.3 Å². The Kier molecular flexibility index (Phi) is 5.92. The first-order valence-electron chi connectivity index (χ1n) is 10.4. The van der Waals surface area contributed by atoms with Crippen LogP contribution in [0.25, 0.3) is 33.1 Å². The van der Waals surface area contributed by atoms with E-state index in [4.69, 9.17) is 10.5 Å². The van der Waals surface area contributed by atoms with Crippen molar-refractivity contribution in [3.05, 3.63) is 48.0 Å². The van der Waals surface area contributed by atoms with E-state index < -0.39 is 17.8 Å². The fraction of sp³-hybridized carbons (Fsp3) is 0.304. The van der Waals surface area contributed by atoms with E-state index in [1.165, 1.54) is 18.5 Å². The van der Waals surface area contributed by atoms with Crippen molar-refractivity contribution in [2.45, 2.75) is 39.4 Å². The Bertz CT molecular complexity index is 1350. The summed E-state index contributed by atoms with van der Waals surface area (Å²) in [5.74, 6) is -0.267. The molecule has 0 radical (unpaired) electrons. The number of alkyl halides is 3. The molecule has 4 aromatic rings. The zero-order valence-electron chi connectivity index (χ0n) is 18.1. The number of unbranched alkanes of at least 4 members (excludes halogenated alkanes) is 1. The van der Waals surface area contributed by atoms with Gasteiger partial charge in [0, 0.05) is 17.1 Å². The van der Waals surface area contributed by atoms with Gasteiger partial charge in [0.2, 0.25) is 0 Å². The van der Waals surface area contributed by atoms with E-state index in [9.17, 15) is 18.0 Å². The number of rotatable bonds is 6. The lowest BCUT2D eigenvalue weighted by molar-refractivity contribution is -0.144. The minimum atomic E-state index is -4.61. The predicted octanol–water partition coefficient (Wildman–Crippen LogP) is 4.90. The number of nitrogens with two attached hydrogens (primary N) is 1. The average Bonchev–Trinajstić information content (AvgIpc) is 3.08. The van der Waals surface area contributed by atoms with Gasteiger partial charge in [-0.2, -0.15) is 13.2 Å². The van der Waals surface area contributed by atoms with Gasteiger partial charge in [-0.25, -0.2) is 9.97 Å². The van der Waals surface area contributed by atoms with Crippen molar-refractivity contribution in [1.82, 2.24) is 19.5 Å². The molecule has 10 heteroatoms. The van der Waals surface area contributed by atoms with Gasteiger partial charge in [-0.15, -0.1) is 0 Å². The number of hydrogen-bond donors (Lipinski definition) is 1. The number of carbonyl (C=O) groups excluding carboxylic acids is 1. The minimum absolute atomic E-state index is 0.0507. The van der Waals surface area contributed by atoms with E-state index in [0.29, 0.717) is 39.7 Å². The van der Waals surface area contributed by atoms with E-state index in [1.807, 2.05) is 6.92 Å². The molecule has 4 rings (SSSR count). The largest absolute Gasteiger partial charge is 0.464 e. The van der Waals surface area contributed by atoms with Crippen LogP contribution in [0.4, 0.5) is 19.0 Å². The Balaban J connectivity index is 1.93. The number of aryl methyl sites for hydroxylation is 1. The zero-order chi connectivity index (χ0) is 23.8. The van der Waals surface area contributed by atoms with Gasteiger partial charge in [0.15, 0.2) is 5.69 Å². The van der Waals surface area contributed by atoms with Crippen molar-refractivity contribution in [3.63, 3.8) is 0 Å². The first kappa shape index (κ1) is 22.5. The van der Waals surface area contributed by atoms with E-state index in [-0.39, 0.29) is 17.9 Å². The summed E-state index contributed by atoms with van der Waals surface area (Å²) in [5.41, 5.74) is 7.12. The Labute approximate surface area is 187 Å². The molecule has 1 aromatic carbocycles. The summed E-state index contributed by atoms with van der Waals surface area (Å²) < 4.78 is 47.7. The van der Waals surface area contributed by atoms with Gasteiger partial charge in [-0.3, -0.25) is 9.78 Å². The summed E-state index contributed by atoms with van der Waals surface area (Å²) in [6, 6.07) is 6.07. The first-order valence-corrected chi connectivity index (χ1v) is 10.4. The molecule has 0 aliphatic carbocycles. The van der Waals surface area contributed by atoms with Crippen LogP contribution in [0.2, 0.25) is 0 Å². The van der Waals surface area contributed by atoms with Gasteiger partial charge in [0.25, 0.3) is 0 Å². The summed E-state index contributed by atoms with van der Waals surface area (Å²) in [5, 5.41) is 1.02. The lowest BCUT2D eigenvalue weighted by Crippen LogP contribution is -2.15. The first-order chi connectivity index (χ1) is 15.7. The molecule has 0 spiro atoms. The van der Waals surface area contributed by atoms with Gasteiger partial charge in [0.1, 0.15) is 24.3 Å². The Morgan fingerprint density at radius 1 is 1.21 bits per heavy atom. The number of esters is 1. The fourth-order valence-electron chi connectivity index (χ4n) is 3.97. The lowest BCUT2D eigenvalue weighted by atomic mass is 9.98. The van der Waals surface area contributed by atoms with Crippen LogP contribution < -0.4 is 5.73 Å². The van der Waals surface area contributed by atoms with Crippen molar-refractivity contribution in [3.8, 4) is 11.1 Å². The molecule has 0 amide bonds. The minimum Gasteiger partial charge on any atom is -0.464 e. The summed E-state index contributed by atoms with van der Waals surface area (Å²) >= 11 is 0. The van der Waals surface area contributed by atoms with Crippen molar-refractivity contribution < 1.29 is 22.7 Å². The second-order valence-corrected chi connectivity index (χ2v) is 7.70. The number of ether oxygens (including phenoxy) is 1. The number of hydrogen-bond acceptors (Lipinski definition) is 6. The van der Waals surface area contributed by atoms with Crippen LogP contribution in [0.15, 0.2) is 36.8 Å². The van der Waals surface area contributed by atoms with Crippen LogP contribution in [0.3, 0.4) is 0 Å². The molecule has 0 atom stereocenters. The predicted molar refractivity (Wildman–Crippen MR) is 118 cm³/mol. The van der Waals surface area contributed by atoms with Crippen LogP contribution in [-0.4, -0.2) is 32.1 Å². The number of aromatic nitrogens is 4. The molecule has 172 valence electrons. The molecule has 0 unspecified atom stereocenters. The number of anilines is 1. The monoisotopic (exact) mass is 457 g/mol. The Hall–Kier alpha value is -3.69. The van der Waals surface area contributed by atoms with E-state index in [2.05, 4.69) is 15.0 Å². The molecular weight excluding hydrogens is 435 g/mol. The van der Waals surface area contributed by atoms with Crippen LogP contribution in [0.1, 0.15) is 31.0 Å². The summed E-state index contributed by atoms with van der Waals surface area (Å²) in [6.07, 6.45) is -0.572. The van der Waals surface area contributed by atoms with Crippen LogP contribution in [0.5, 0.6) is 0 Å². The normalized spacial score (nSPS) is 11.9. The number of nitrogen functional groups attached to an aromatic ring is 1. The maximum absolute atomic E-state index is 13.6. The van der Waals surface area contributed by atoms with Crippen molar-refractivity contribution in [2.75, 3.05) is 12.3 Å². The summed E-state index contributed by atoms with van der Waals surface area (Å²) in [4.78, 5) is 24.4. The quantitative estimate of drug-likeness (QED) is 0.327. The topological polar surface area (TPSA) is 95.9 Å². The van der Waals surface area contributed by atoms with Gasteiger partial charge in [-0.1, -0.05) is 19.4 Å². The molecule has 0 fully saturated rings. The molecule has 3 heterocycles. The molecule has 0 aliphatic rings. The second kappa shape index (κ2) is 8.68. The lowest BCUT2D eigenvalue weighted by Gasteiger charge is -2.13. The van der Waals surface area contributed by atoms with Gasteiger partial charge >= 0.3 is 12.1 Å². The van der Waals surface area contributed by atoms with Gasteiger partial charge < -0.3 is 15.0 Å². The molecule has 0 aliphatic heterocycles. The molecule has 0 saturated heterocycles. The van der Waals surface area contributed by atoms with Crippen LogP contribution >= 0.6 is 0 Å². The number of carbonyl (C=O) groups is 1. The van der Waals surface area contributed by atoms with Gasteiger partial charge in [0.05, 0.1) is 17.5 Å². The third-order valence-corrected chi connectivity index (χ3v) is 5.39. The summed E-state index contributed by atoms with van der Waals surface area (Å²) in [7, 11) is 0. The number of halogens is 3. The molecule has 3 aromatic heterocycles. The molecule has 2 N–H and O–H groups in total. The van der Waals surface area contributed by atoms with E-state index >= 15 is 0 Å². The SMILES string of the molecule is CCCCOC(=O)Cn1c2ncnc(N)c2c2cc(-c3cccnc3C(F)(F)F)cc(C)c21. The molecular formula is C23H22F3N5O2. The highest BCUT2D eigenvalue weighted by atomic mass is 19.4. The third kappa shape index (κ3) is 4.20. The van der Waals surface area contributed by atoms with Crippen molar-refractivity contribution >= 4 is 33.7 Å². The molecule has 0 bridgehead atoms.